The first-order valence-electron chi connectivity index (χ1n) is 7.64. The molecule has 0 radical (unpaired) electrons. The summed E-state index contributed by atoms with van der Waals surface area (Å²) in [5.41, 5.74) is 1.11. The molecule has 0 saturated heterocycles. The van der Waals surface area contributed by atoms with Gasteiger partial charge in [0.05, 0.1) is 0 Å². The second-order valence-electron chi connectivity index (χ2n) is 5.68. The molecule has 0 bridgehead atoms. The number of rotatable bonds is 5. The van der Waals surface area contributed by atoms with Crippen LogP contribution in [-0.4, -0.2) is 18.0 Å². The van der Waals surface area contributed by atoms with Crippen molar-refractivity contribution in [1.82, 2.24) is 5.32 Å². The van der Waals surface area contributed by atoms with Gasteiger partial charge in [-0.25, -0.2) is 9.18 Å². The Morgan fingerprint density at radius 2 is 1.46 bits per heavy atom. The molecule has 0 aliphatic carbocycles. The minimum atomic E-state index is -0.723. The van der Waals surface area contributed by atoms with Gasteiger partial charge in [0.1, 0.15) is 11.9 Å². The molecular formula is C18H20FN3O2. The molecule has 6 heteroatoms. The van der Waals surface area contributed by atoms with E-state index in [2.05, 4.69) is 16.0 Å². The molecule has 2 aromatic rings. The van der Waals surface area contributed by atoms with E-state index in [1.54, 1.807) is 24.3 Å². The monoisotopic (exact) mass is 329 g/mol. The number of benzene rings is 2. The Balaban J connectivity index is 1.98. The van der Waals surface area contributed by atoms with Crippen molar-refractivity contribution in [2.45, 2.75) is 19.9 Å². The number of amides is 3. The molecule has 5 nitrogen and oxygen atoms in total. The van der Waals surface area contributed by atoms with Gasteiger partial charge in [-0.15, -0.1) is 0 Å². The summed E-state index contributed by atoms with van der Waals surface area (Å²) >= 11 is 0. The Labute approximate surface area is 140 Å². The number of hydrogen-bond donors (Lipinski definition) is 3. The molecule has 0 aromatic heterocycles. The zero-order valence-corrected chi connectivity index (χ0v) is 13.5. The van der Waals surface area contributed by atoms with Crippen LogP contribution in [0.4, 0.5) is 20.6 Å². The molecule has 0 heterocycles. The van der Waals surface area contributed by atoms with Crippen LogP contribution < -0.4 is 16.0 Å². The van der Waals surface area contributed by atoms with Crippen molar-refractivity contribution in [3.8, 4) is 0 Å². The summed E-state index contributed by atoms with van der Waals surface area (Å²) in [6.45, 7) is 3.66. The Bertz CT molecular complexity index is 687. The van der Waals surface area contributed by atoms with Crippen LogP contribution >= 0.6 is 0 Å². The smallest absolute Gasteiger partial charge is 0.319 e. The normalized spacial score (nSPS) is 11.7. The maximum Gasteiger partial charge on any atom is 0.319 e. The Kier molecular flexibility index (Phi) is 5.89. The third-order valence-electron chi connectivity index (χ3n) is 3.38. The first-order valence-corrected chi connectivity index (χ1v) is 7.64. The van der Waals surface area contributed by atoms with Crippen LogP contribution in [0, 0.1) is 11.7 Å². The van der Waals surface area contributed by atoms with E-state index in [-0.39, 0.29) is 17.6 Å². The van der Waals surface area contributed by atoms with Crippen LogP contribution in [-0.2, 0) is 4.79 Å². The minimum Gasteiger partial charge on any atom is -0.326 e. The topological polar surface area (TPSA) is 70.2 Å². The number of para-hydroxylation sites is 1. The average Bonchev–Trinajstić information content (AvgIpc) is 2.55. The van der Waals surface area contributed by atoms with Crippen molar-refractivity contribution in [2.24, 2.45) is 5.92 Å². The van der Waals surface area contributed by atoms with Crippen molar-refractivity contribution in [1.29, 1.82) is 0 Å². The van der Waals surface area contributed by atoms with Crippen molar-refractivity contribution in [3.05, 3.63) is 60.4 Å². The van der Waals surface area contributed by atoms with E-state index in [1.165, 1.54) is 24.3 Å². The van der Waals surface area contributed by atoms with Gasteiger partial charge in [0.15, 0.2) is 0 Å². The summed E-state index contributed by atoms with van der Waals surface area (Å²) in [6, 6.07) is 13.2. The second-order valence-corrected chi connectivity index (χ2v) is 5.68. The van der Waals surface area contributed by atoms with Crippen LogP contribution in [0.25, 0.3) is 0 Å². The molecule has 126 valence electrons. The van der Waals surface area contributed by atoms with E-state index in [0.717, 1.165) is 0 Å². The van der Waals surface area contributed by atoms with Gasteiger partial charge in [0, 0.05) is 11.4 Å². The summed E-state index contributed by atoms with van der Waals surface area (Å²) < 4.78 is 12.9. The highest BCUT2D eigenvalue weighted by Gasteiger charge is 2.24. The highest BCUT2D eigenvalue weighted by Crippen LogP contribution is 2.11. The molecule has 0 aliphatic heterocycles. The molecular weight excluding hydrogens is 309 g/mol. The van der Waals surface area contributed by atoms with Gasteiger partial charge in [0.2, 0.25) is 5.91 Å². The molecule has 1 atom stereocenters. The highest BCUT2D eigenvalue weighted by atomic mass is 19.1. The zero-order valence-electron chi connectivity index (χ0n) is 13.5. The third kappa shape index (κ3) is 5.08. The molecule has 2 aromatic carbocycles. The lowest BCUT2D eigenvalue weighted by atomic mass is 10.0. The molecule has 0 fully saturated rings. The first-order chi connectivity index (χ1) is 11.5. The van der Waals surface area contributed by atoms with Gasteiger partial charge in [0.25, 0.3) is 0 Å². The first kappa shape index (κ1) is 17.5. The fourth-order valence-electron chi connectivity index (χ4n) is 2.12. The maximum atomic E-state index is 12.9. The lowest BCUT2D eigenvalue weighted by molar-refractivity contribution is -0.118. The van der Waals surface area contributed by atoms with Crippen LogP contribution in [0.2, 0.25) is 0 Å². The Hall–Kier alpha value is -2.89. The third-order valence-corrected chi connectivity index (χ3v) is 3.38. The number of halogens is 1. The Morgan fingerprint density at radius 3 is 2.04 bits per heavy atom. The number of anilines is 2. The quantitative estimate of drug-likeness (QED) is 0.784. The van der Waals surface area contributed by atoms with Crippen LogP contribution in [0.1, 0.15) is 13.8 Å². The molecule has 0 unspecified atom stereocenters. The van der Waals surface area contributed by atoms with Gasteiger partial charge in [-0.3, -0.25) is 4.79 Å². The van der Waals surface area contributed by atoms with Crippen molar-refractivity contribution in [2.75, 3.05) is 10.6 Å². The maximum absolute atomic E-state index is 12.9. The van der Waals surface area contributed by atoms with Crippen molar-refractivity contribution in [3.63, 3.8) is 0 Å². The van der Waals surface area contributed by atoms with Crippen molar-refractivity contribution < 1.29 is 14.0 Å². The summed E-state index contributed by atoms with van der Waals surface area (Å²) in [6.07, 6.45) is 0. The van der Waals surface area contributed by atoms with Gasteiger partial charge in [-0.1, -0.05) is 32.0 Å². The average molecular weight is 329 g/mol. The molecule has 0 aliphatic rings. The number of urea groups is 1. The van der Waals surface area contributed by atoms with Gasteiger partial charge >= 0.3 is 6.03 Å². The molecule has 2 rings (SSSR count). The number of carbonyl (C=O) groups excluding carboxylic acids is 2. The summed E-state index contributed by atoms with van der Waals surface area (Å²) in [7, 11) is 0. The molecule has 24 heavy (non-hydrogen) atoms. The van der Waals surface area contributed by atoms with E-state index in [4.69, 9.17) is 0 Å². The van der Waals surface area contributed by atoms with E-state index in [9.17, 15) is 14.0 Å². The molecule has 0 saturated carbocycles. The van der Waals surface area contributed by atoms with Crippen molar-refractivity contribution >= 4 is 23.3 Å². The predicted octanol–water partition coefficient (Wildman–Crippen LogP) is 3.61. The highest BCUT2D eigenvalue weighted by molar-refractivity contribution is 5.99. The zero-order chi connectivity index (χ0) is 17.5. The van der Waals surface area contributed by atoms with E-state index in [0.29, 0.717) is 11.4 Å². The summed E-state index contributed by atoms with van der Waals surface area (Å²) in [5, 5.41) is 8.01. The van der Waals surface area contributed by atoms with E-state index in [1.807, 2.05) is 19.9 Å². The Morgan fingerprint density at radius 1 is 0.875 bits per heavy atom. The predicted molar refractivity (Wildman–Crippen MR) is 92.3 cm³/mol. The second kappa shape index (κ2) is 8.10. The molecule has 3 amide bonds. The lowest BCUT2D eigenvalue weighted by Crippen LogP contribution is -2.48. The summed E-state index contributed by atoms with van der Waals surface area (Å²) in [5.74, 6) is -0.861. The standard InChI is InChI=1S/C18H20FN3O2/c1-12(2)16(17(23)20-15-10-8-13(19)9-11-15)22-18(24)21-14-6-4-3-5-7-14/h3-12,16H,1-2H3,(H,20,23)(H2,21,22,24)/t16-/m0/s1. The number of carbonyl (C=O) groups is 2. The van der Waals surface area contributed by atoms with Crippen LogP contribution in [0.15, 0.2) is 54.6 Å². The van der Waals surface area contributed by atoms with Crippen LogP contribution in [0.5, 0.6) is 0 Å². The molecule has 3 N–H and O–H groups in total. The van der Waals surface area contributed by atoms with E-state index < -0.39 is 12.1 Å². The number of hydrogen-bond acceptors (Lipinski definition) is 2. The molecule has 0 spiro atoms. The largest absolute Gasteiger partial charge is 0.326 e. The minimum absolute atomic E-state index is 0.119. The fraction of sp³-hybridized carbons (Fsp3) is 0.222. The van der Waals surface area contributed by atoms with Gasteiger partial charge < -0.3 is 16.0 Å². The lowest BCUT2D eigenvalue weighted by Gasteiger charge is -2.22. The fourth-order valence-corrected chi connectivity index (χ4v) is 2.12. The summed E-state index contributed by atoms with van der Waals surface area (Å²) in [4.78, 5) is 24.5. The SMILES string of the molecule is CC(C)[C@H](NC(=O)Nc1ccccc1)C(=O)Nc1ccc(F)cc1. The van der Waals surface area contributed by atoms with E-state index >= 15 is 0 Å². The van der Waals surface area contributed by atoms with Gasteiger partial charge in [-0.05, 0) is 42.3 Å². The number of nitrogens with one attached hydrogen (secondary N) is 3. The van der Waals surface area contributed by atoms with Crippen LogP contribution in [0.3, 0.4) is 0 Å². The van der Waals surface area contributed by atoms with Gasteiger partial charge in [-0.2, -0.15) is 0 Å².